The van der Waals surface area contributed by atoms with Crippen LogP contribution in [0.5, 0.6) is 5.75 Å². The lowest BCUT2D eigenvalue weighted by atomic mass is 10.1. The number of nitrogens with one attached hydrogen (secondary N) is 1. The molecule has 5 heteroatoms. The summed E-state index contributed by atoms with van der Waals surface area (Å²) in [6.45, 7) is 6.12. The van der Waals surface area contributed by atoms with Crippen molar-refractivity contribution in [1.82, 2.24) is 4.98 Å². The summed E-state index contributed by atoms with van der Waals surface area (Å²) in [4.78, 5) is 5.51. The summed E-state index contributed by atoms with van der Waals surface area (Å²) in [5.74, 6) is 0.754. The smallest absolute Gasteiger partial charge is 0.143 e. The number of ether oxygens (including phenoxy) is 1. The van der Waals surface area contributed by atoms with Gasteiger partial charge in [0.25, 0.3) is 0 Å². The van der Waals surface area contributed by atoms with Gasteiger partial charge in [-0.25, -0.2) is 4.98 Å². The summed E-state index contributed by atoms with van der Waals surface area (Å²) in [7, 11) is 1.65. The zero-order chi connectivity index (χ0) is 14.0. The van der Waals surface area contributed by atoms with E-state index in [1.807, 2.05) is 31.5 Å². The Morgan fingerprint density at radius 1 is 1.37 bits per heavy atom. The molecule has 0 bridgehead atoms. The Bertz CT molecular complexity index is 583. The van der Waals surface area contributed by atoms with Crippen LogP contribution in [0, 0.1) is 13.8 Å². The second-order valence-electron chi connectivity index (χ2n) is 4.47. The topological polar surface area (TPSA) is 34.1 Å². The molecule has 0 aliphatic rings. The van der Waals surface area contributed by atoms with Crippen LogP contribution in [0.1, 0.15) is 29.1 Å². The SMILES string of the molecule is COc1cc(Cl)c(C)cc1NC(C)c1scnc1C. The Morgan fingerprint density at radius 2 is 2.11 bits per heavy atom. The third kappa shape index (κ3) is 3.01. The summed E-state index contributed by atoms with van der Waals surface area (Å²) in [6.07, 6.45) is 0. The second-order valence-corrected chi connectivity index (χ2v) is 5.76. The van der Waals surface area contributed by atoms with Crippen molar-refractivity contribution in [3.63, 3.8) is 0 Å². The predicted octanol–water partition coefficient (Wildman–Crippen LogP) is 4.60. The Kier molecular flexibility index (Phi) is 4.32. The van der Waals surface area contributed by atoms with Crippen LogP contribution < -0.4 is 10.1 Å². The molecule has 1 N–H and O–H groups in total. The number of rotatable bonds is 4. The van der Waals surface area contributed by atoms with E-state index in [1.165, 1.54) is 4.88 Å². The van der Waals surface area contributed by atoms with E-state index in [1.54, 1.807) is 18.4 Å². The van der Waals surface area contributed by atoms with Crippen molar-refractivity contribution >= 4 is 28.6 Å². The van der Waals surface area contributed by atoms with Gasteiger partial charge in [-0.15, -0.1) is 11.3 Å². The standard InChI is InChI=1S/C14H17ClN2OS/c1-8-5-12(13(18-4)6-11(8)15)17-10(3)14-9(2)16-7-19-14/h5-7,10,17H,1-4H3. The zero-order valence-electron chi connectivity index (χ0n) is 11.5. The van der Waals surface area contributed by atoms with Gasteiger partial charge in [-0.2, -0.15) is 0 Å². The van der Waals surface area contributed by atoms with Gasteiger partial charge in [-0.05, 0) is 32.4 Å². The molecule has 1 atom stereocenters. The van der Waals surface area contributed by atoms with Gasteiger partial charge in [0.15, 0.2) is 0 Å². The first kappa shape index (κ1) is 14.2. The highest BCUT2D eigenvalue weighted by Gasteiger charge is 2.14. The summed E-state index contributed by atoms with van der Waals surface area (Å²) in [6, 6.07) is 4.03. The van der Waals surface area contributed by atoms with Gasteiger partial charge in [0.2, 0.25) is 0 Å². The van der Waals surface area contributed by atoms with Crippen LogP contribution in [0.2, 0.25) is 5.02 Å². The molecule has 1 aromatic carbocycles. The number of halogens is 1. The number of benzene rings is 1. The average Bonchev–Trinajstić information content (AvgIpc) is 2.79. The van der Waals surface area contributed by atoms with Crippen LogP contribution in [0.25, 0.3) is 0 Å². The molecular weight excluding hydrogens is 280 g/mol. The fourth-order valence-electron chi connectivity index (χ4n) is 1.97. The highest BCUT2D eigenvalue weighted by Crippen LogP contribution is 2.34. The Hall–Kier alpha value is -1.26. The molecule has 0 spiro atoms. The molecule has 1 unspecified atom stereocenters. The van der Waals surface area contributed by atoms with Gasteiger partial charge < -0.3 is 10.1 Å². The zero-order valence-corrected chi connectivity index (χ0v) is 13.0. The molecule has 0 radical (unpaired) electrons. The van der Waals surface area contributed by atoms with Crippen molar-refractivity contribution in [3.05, 3.63) is 38.8 Å². The monoisotopic (exact) mass is 296 g/mol. The number of anilines is 1. The fourth-order valence-corrected chi connectivity index (χ4v) is 2.93. The summed E-state index contributed by atoms with van der Waals surface area (Å²) < 4.78 is 5.37. The number of hydrogen-bond donors (Lipinski definition) is 1. The number of aryl methyl sites for hydroxylation is 2. The lowest BCUT2D eigenvalue weighted by Crippen LogP contribution is -2.07. The van der Waals surface area contributed by atoms with E-state index in [0.717, 1.165) is 22.7 Å². The number of methoxy groups -OCH3 is 1. The molecule has 0 fully saturated rings. The van der Waals surface area contributed by atoms with Crippen LogP contribution in [-0.4, -0.2) is 12.1 Å². The average molecular weight is 297 g/mol. The van der Waals surface area contributed by atoms with Crippen molar-refractivity contribution in [2.45, 2.75) is 26.8 Å². The number of thiazole rings is 1. The number of nitrogens with zero attached hydrogens (tertiary/aromatic N) is 1. The maximum Gasteiger partial charge on any atom is 0.143 e. The van der Waals surface area contributed by atoms with Crippen molar-refractivity contribution in [2.24, 2.45) is 0 Å². The Morgan fingerprint density at radius 3 is 2.68 bits per heavy atom. The van der Waals surface area contributed by atoms with Crippen LogP contribution in [0.15, 0.2) is 17.6 Å². The third-order valence-electron chi connectivity index (χ3n) is 3.03. The van der Waals surface area contributed by atoms with Gasteiger partial charge in [0.05, 0.1) is 30.0 Å². The summed E-state index contributed by atoms with van der Waals surface area (Å²) in [5.41, 5.74) is 4.91. The minimum Gasteiger partial charge on any atom is -0.495 e. The van der Waals surface area contributed by atoms with E-state index in [2.05, 4.69) is 17.2 Å². The van der Waals surface area contributed by atoms with E-state index in [0.29, 0.717) is 5.02 Å². The third-order valence-corrected chi connectivity index (χ3v) is 4.55. The maximum absolute atomic E-state index is 6.11. The van der Waals surface area contributed by atoms with Gasteiger partial charge in [0.1, 0.15) is 5.75 Å². The van der Waals surface area contributed by atoms with Crippen LogP contribution in [-0.2, 0) is 0 Å². The van der Waals surface area contributed by atoms with Crippen molar-refractivity contribution in [2.75, 3.05) is 12.4 Å². The van der Waals surface area contributed by atoms with Crippen molar-refractivity contribution in [1.29, 1.82) is 0 Å². The second kappa shape index (κ2) is 5.80. The molecule has 0 saturated heterocycles. The van der Waals surface area contributed by atoms with Crippen LogP contribution in [0.4, 0.5) is 5.69 Å². The van der Waals surface area contributed by atoms with Crippen molar-refractivity contribution in [3.8, 4) is 5.75 Å². The fraction of sp³-hybridized carbons (Fsp3) is 0.357. The quantitative estimate of drug-likeness (QED) is 0.895. The van der Waals surface area contributed by atoms with Crippen LogP contribution >= 0.6 is 22.9 Å². The van der Waals surface area contributed by atoms with E-state index in [9.17, 15) is 0 Å². The summed E-state index contributed by atoms with van der Waals surface area (Å²) >= 11 is 7.77. The minimum absolute atomic E-state index is 0.182. The Balaban J connectivity index is 2.28. The normalized spacial score (nSPS) is 12.3. The molecule has 102 valence electrons. The molecule has 0 amide bonds. The molecule has 1 heterocycles. The molecule has 0 aliphatic heterocycles. The van der Waals surface area contributed by atoms with E-state index < -0.39 is 0 Å². The molecule has 0 saturated carbocycles. The molecule has 3 nitrogen and oxygen atoms in total. The number of hydrogen-bond acceptors (Lipinski definition) is 4. The summed E-state index contributed by atoms with van der Waals surface area (Å²) in [5, 5.41) is 4.17. The molecule has 0 aliphatic carbocycles. The van der Waals surface area contributed by atoms with Gasteiger partial charge in [-0.3, -0.25) is 0 Å². The van der Waals surface area contributed by atoms with Gasteiger partial charge in [0, 0.05) is 16.0 Å². The Labute approximate surface area is 122 Å². The molecule has 1 aromatic heterocycles. The highest BCUT2D eigenvalue weighted by atomic mass is 35.5. The lowest BCUT2D eigenvalue weighted by molar-refractivity contribution is 0.416. The largest absolute Gasteiger partial charge is 0.495 e. The molecular formula is C14H17ClN2OS. The molecule has 2 rings (SSSR count). The van der Waals surface area contributed by atoms with Gasteiger partial charge >= 0.3 is 0 Å². The number of aromatic nitrogens is 1. The first-order chi connectivity index (χ1) is 9.02. The minimum atomic E-state index is 0.182. The van der Waals surface area contributed by atoms with Crippen molar-refractivity contribution < 1.29 is 4.74 Å². The van der Waals surface area contributed by atoms with Crippen LogP contribution in [0.3, 0.4) is 0 Å². The molecule has 19 heavy (non-hydrogen) atoms. The maximum atomic E-state index is 6.11. The first-order valence-electron chi connectivity index (χ1n) is 6.03. The lowest BCUT2D eigenvalue weighted by Gasteiger charge is -2.18. The van der Waals surface area contributed by atoms with E-state index in [-0.39, 0.29) is 6.04 Å². The van der Waals surface area contributed by atoms with E-state index in [4.69, 9.17) is 16.3 Å². The van der Waals surface area contributed by atoms with E-state index >= 15 is 0 Å². The molecule has 2 aromatic rings. The van der Waals surface area contributed by atoms with Gasteiger partial charge in [-0.1, -0.05) is 11.6 Å². The highest BCUT2D eigenvalue weighted by molar-refractivity contribution is 7.09. The predicted molar refractivity (Wildman–Crippen MR) is 81.6 cm³/mol. The first-order valence-corrected chi connectivity index (χ1v) is 7.29.